The average Bonchev–Trinajstić information content (AvgIpc) is 2.83. The van der Waals surface area contributed by atoms with Gasteiger partial charge >= 0.3 is 0 Å². The maximum Gasteiger partial charge on any atom is 0.259 e. The van der Waals surface area contributed by atoms with Crippen molar-refractivity contribution in [2.24, 2.45) is 0 Å². The highest BCUT2D eigenvalue weighted by molar-refractivity contribution is 5.59. The van der Waals surface area contributed by atoms with Crippen molar-refractivity contribution < 1.29 is 9.47 Å². The van der Waals surface area contributed by atoms with E-state index >= 15 is 0 Å². The Balaban J connectivity index is 1.72. The lowest BCUT2D eigenvalue weighted by Gasteiger charge is -2.38. The number of hydrogen-bond donors (Lipinski definition) is 0. The Bertz CT molecular complexity index is 1110. The van der Waals surface area contributed by atoms with Crippen molar-refractivity contribution in [1.82, 2.24) is 14.5 Å². The molecular formula is C26H32N4O3. The topological polar surface area (TPSA) is 59.8 Å². The number of aromatic nitrogens is 2. The van der Waals surface area contributed by atoms with E-state index in [0.29, 0.717) is 38.9 Å². The van der Waals surface area contributed by atoms with E-state index in [0.717, 1.165) is 41.2 Å². The Kier molecular flexibility index (Phi) is 7.42. The number of anilines is 2. The molecular weight excluding hydrogens is 416 g/mol. The molecule has 1 aliphatic heterocycles. The van der Waals surface area contributed by atoms with Crippen molar-refractivity contribution >= 4 is 11.6 Å². The summed E-state index contributed by atoms with van der Waals surface area (Å²) in [4.78, 5) is 22.9. The molecule has 0 fully saturated rings. The van der Waals surface area contributed by atoms with Gasteiger partial charge in [0.1, 0.15) is 5.75 Å². The Morgan fingerprint density at radius 1 is 1.03 bits per heavy atom. The quantitative estimate of drug-likeness (QED) is 0.462. The molecule has 0 saturated heterocycles. The fourth-order valence-electron chi connectivity index (χ4n) is 4.19. The first-order valence-electron chi connectivity index (χ1n) is 11.5. The van der Waals surface area contributed by atoms with Gasteiger partial charge in [-0.1, -0.05) is 30.3 Å². The predicted octanol–water partition coefficient (Wildman–Crippen LogP) is 3.95. The number of fused-ring (bicyclic) bond motifs is 1. The van der Waals surface area contributed by atoms with Crippen molar-refractivity contribution in [3.63, 3.8) is 0 Å². The van der Waals surface area contributed by atoms with Crippen LogP contribution in [0.15, 0.2) is 59.4 Å². The second kappa shape index (κ2) is 10.6. The molecule has 33 heavy (non-hydrogen) atoms. The number of methoxy groups -OCH3 is 1. The lowest BCUT2D eigenvalue weighted by molar-refractivity contribution is 0.150. The number of hydrogen-bond acceptors (Lipinski definition) is 6. The van der Waals surface area contributed by atoms with Crippen LogP contribution in [0.4, 0.5) is 11.6 Å². The minimum absolute atomic E-state index is 0.0220. The molecule has 1 aliphatic rings. The normalized spacial score (nSPS) is 13.7. The number of nitrogens with zero attached hydrogens (tertiary/aromatic N) is 4. The molecule has 0 radical (unpaired) electrons. The fourth-order valence-corrected chi connectivity index (χ4v) is 4.19. The maximum absolute atomic E-state index is 13.7. The highest BCUT2D eigenvalue weighted by Gasteiger charge is 2.27. The van der Waals surface area contributed by atoms with Gasteiger partial charge < -0.3 is 9.47 Å². The van der Waals surface area contributed by atoms with Gasteiger partial charge in [0.25, 0.3) is 5.56 Å². The zero-order valence-corrected chi connectivity index (χ0v) is 19.7. The Morgan fingerprint density at radius 3 is 2.48 bits per heavy atom. The molecule has 0 spiro atoms. The zero-order chi connectivity index (χ0) is 23.2. The molecule has 2 heterocycles. The first-order valence-corrected chi connectivity index (χ1v) is 11.5. The standard InChI is InChI=1S/C26H32N4O3/c1-4-33-23-13-11-22(12-14-23)29-18-28(15-8-16-32-3)19-30-25(31)24(20(2)27-26(29)30)17-21-9-6-5-7-10-21/h5-7,9-14H,4,8,15-19H2,1-3H3. The molecule has 3 aromatic rings. The summed E-state index contributed by atoms with van der Waals surface area (Å²) in [5.41, 5.74) is 3.63. The van der Waals surface area contributed by atoms with E-state index in [-0.39, 0.29) is 5.56 Å². The molecule has 0 unspecified atom stereocenters. The summed E-state index contributed by atoms with van der Waals surface area (Å²) in [6, 6.07) is 18.0. The second-order valence-electron chi connectivity index (χ2n) is 8.25. The number of rotatable bonds is 9. The fraction of sp³-hybridized carbons (Fsp3) is 0.385. The molecule has 7 heteroatoms. The van der Waals surface area contributed by atoms with Crippen LogP contribution in [0.1, 0.15) is 30.2 Å². The van der Waals surface area contributed by atoms with E-state index in [1.807, 2.05) is 68.4 Å². The zero-order valence-electron chi connectivity index (χ0n) is 19.7. The van der Waals surface area contributed by atoms with E-state index in [1.54, 1.807) is 11.7 Å². The molecule has 0 bridgehead atoms. The molecule has 0 N–H and O–H groups in total. The molecule has 0 amide bonds. The van der Waals surface area contributed by atoms with Crippen LogP contribution in [0, 0.1) is 6.92 Å². The lowest BCUT2D eigenvalue weighted by atomic mass is 10.1. The predicted molar refractivity (Wildman–Crippen MR) is 130 cm³/mol. The highest BCUT2D eigenvalue weighted by Crippen LogP contribution is 2.29. The van der Waals surface area contributed by atoms with Gasteiger partial charge in [0.05, 0.1) is 25.6 Å². The largest absolute Gasteiger partial charge is 0.494 e. The first-order chi connectivity index (χ1) is 16.1. The molecule has 7 nitrogen and oxygen atoms in total. The lowest BCUT2D eigenvalue weighted by Crippen LogP contribution is -2.48. The molecule has 174 valence electrons. The maximum atomic E-state index is 13.7. The van der Waals surface area contributed by atoms with Gasteiger partial charge in [-0.15, -0.1) is 0 Å². The summed E-state index contributed by atoms with van der Waals surface area (Å²) in [5.74, 6) is 1.51. The minimum Gasteiger partial charge on any atom is -0.494 e. The van der Waals surface area contributed by atoms with Crippen LogP contribution in [-0.2, 0) is 17.8 Å². The molecule has 4 rings (SSSR count). The summed E-state index contributed by atoms with van der Waals surface area (Å²) >= 11 is 0. The average molecular weight is 449 g/mol. The van der Waals surface area contributed by atoms with Gasteiger partial charge in [-0.2, -0.15) is 0 Å². The number of ether oxygens (including phenoxy) is 2. The smallest absolute Gasteiger partial charge is 0.259 e. The van der Waals surface area contributed by atoms with Crippen LogP contribution in [0.25, 0.3) is 0 Å². The van der Waals surface area contributed by atoms with Gasteiger partial charge in [-0.3, -0.25) is 19.2 Å². The van der Waals surface area contributed by atoms with Crippen molar-refractivity contribution in [3.05, 3.63) is 81.8 Å². The van der Waals surface area contributed by atoms with E-state index < -0.39 is 0 Å². The van der Waals surface area contributed by atoms with Crippen molar-refractivity contribution in [3.8, 4) is 5.75 Å². The van der Waals surface area contributed by atoms with Crippen molar-refractivity contribution in [1.29, 1.82) is 0 Å². The minimum atomic E-state index is 0.0220. The van der Waals surface area contributed by atoms with Crippen LogP contribution >= 0.6 is 0 Å². The summed E-state index contributed by atoms with van der Waals surface area (Å²) in [5, 5.41) is 0. The van der Waals surface area contributed by atoms with E-state index in [4.69, 9.17) is 14.5 Å². The van der Waals surface area contributed by atoms with Gasteiger partial charge in [-0.05, 0) is 50.1 Å². The first kappa shape index (κ1) is 23.0. The summed E-state index contributed by atoms with van der Waals surface area (Å²) in [6.07, 6.45) is 1.47. The Morgan fingerprint density at radius 2 is 1.79 bits per heavy atom. The van der Waals surface area contributed by atoms with Gasteiger partial charge in [-0.25, -0.2) is 4.98 Å². The van der Waals surface area contributed by atoms with Crippen LogP contribution in [0.5, 0.6) is 5.75 Å². The molecule has 2 aromatic carbocycles. The SMILES string of the molecule is CCOc1ccc(N2CN(CCCOC)Cn3c2nc(C)c(Cc2ccccc2)c3=O)cc1. The van der Waals surface area contributed by atoms with Crippen LogP contribution in [0.3, 0.4) is 0 Å². The van der Waals surface area contributed by atoms with E-state index in [2.05, 4.69) is 9.80 Å². The van der Waals surface area contributed by atoms with Crippen LogP contribution in [0.2, 0.25) is 0 Å². The summed E-state index contributed by atoms with van der Waals surface area (Å²) < 4.78 is 12.6. The number of benzene rings is 2. The van der Waals surface area contributed by atoms with E-state index in [9.17, 15) is 4.79 Å². The van der Waals surface area contributed by atoms with Crippen LogP contribution in [-0.4, -0.2) is 48.0 Å². The van der Waals surface area contributed by atoms with Gasteiger partial charge in [0.2, 0.25) is 5.95 Å². The third-order valence-corrected chi connectivity index (χ3v) is 5.88. The van der Waals surface area contributed by atoms with Crippen molar-refractivity contribution in [2.45, 2.75) is 33.4 Å². The molecule has 0 saturated carbocycles. The third-order valence-electron chi connectivity index (χ3n) is 5.88. The summed E-state index contributed by atoms with van der Waals surface area (Å²) in [6.45, 7) is 7.21. The third kappa shape index (κ3) is 5.26. The number of aryl methyl sites for hydroxylation is 1. The highest BCUT2D eigenvalue weighted by atomic mass is 16.5. The molecule has 0 atom stereocenters. The van der Waals surface area contributed by atoms with Gasteiger partial charge in [0.15, 0.2) is 0 Å². The van der Waals surface area contributed by atoms with Crippen molar-refractivity contribution in [2.75, 3.05) is 38.4 Å². The van der Waals surface area contributed by atoms with Gasteiger partial charge in [0, 0.05) is 37.9 Å². The Labute approximate surface area is 195 Å². The monoisotopic (exact) mass is 448 g/mol. The second-order valence-corrected chi connectivity index (χ2v) is 8.25. The molecule has 1 aromatic heterocycles. The summed E-state index contributed by atoms with van der Waals surface area (Å²) in [7, 11) is 1.71. The molecule has 0 aliphatic carbocycles. The Hall–Kier alpha value is -3.16. The van der Waals surface area contributed by atoms with Crippen LogP contribution < -0.4 is 15.2 Å². The van der Waals surface area contributed by atoms with E-state index in [1.165, 1.54) is 0 Å².